The molecule has 1 N–H and O–H groups in total. The summed E-state index contributed by atoms with van der Waals surface area (Å²) in [5.41, 5.74) is 0.462. The molecule has 1 aromatic heterocycles. The Morgan fingerprint density at radius 2 is 2.64 bits per heavy atom. The number of nitrogens with zero attached hydrogens (tertiary/aromatic N) is 3. The lowest BCUT2D eigenvalue weighted by atomic mass is 10.2. The van der Waals surface area contributed by atoms with E-state index < -0.39 is 0 Å². The van der Waals surface area contributed by atoms with Crippen molar-refractivity contribution in [1.82, 2.24) is 19.0 Å². The molecule has 5 nitrogen and oxygen atoms in total. The average Bonchev–Trinajstić information content (AvgIpc) is 2.70. The molecule has 0 radical (unpaired) electrons. The van der Waals surface area contributed by atoms with Gasteiger partial charge < -0.3 is 10.2 Å². The summed E-state index contributed by atoms with van der Waals surface area (Å²) in [5.74, 6) is -0.00671. The molecular weight excluding hydrogens is 200 g/mol. The summed E-state index contributed by atoms with van der Waals surface area (Å²) in [5, 5.41) is 3.24. The van der Waals surface area contributed by atoms with E-state index in [2.05, 4.69) is 14.1 Å². The summed E-state index contributed by atoms with van der Waals surface area (Å²) in [6.45, 7) is 4.48. The average molecular weight is 212 g/mol. The summed E-state index contributed by atoms with van der Waals surface area (Å²) >= 11 is 1.07. The van der Waals surface area contributed by atoms with Gasteiger partial charge in [0.15, 0.2) is 5.69 Å². The molecular formula is C8H12N4OS. The van der Waals surface area contributed by atoms with Gasteiger partial charge in [0.05, 0.1) is 17.9 Å². The van der Waals surface area contributed by atoms with E-state index in [1.165, 1.54) is 6.20 Å². The minimum absolute atomic E-state index is 0.00671. The second-order valence-electron chi connectivity index (χ2n) is 3.34. The van der Waals surface area contributed by atoms with E-state index in [9.17, 15) is 4.79 Å². The van der Waals surface area contributed by atoms with Gasteiger partial charge in [-0.1, -0.05) is 0 Å². The molecule has 1 aromatic rings. The highest BCUT2D eigenvalue weighted by atomic mass is 32.1. The highest BCUT2D eigenvalue weighted by Crippen LogP contribution is 2.08. The standard InChI is InChI=1S/C8H12N4OS/c1-6-4-9-2-3-12(6)8(13)7-5-10-14-11-7/h5-6,9H,2-4H2,1H3. The predicted molar refractivity (Wildman–Crippen MR) is 53.3 cm³/mol. The lowest BCUT2D eigenvalue weighted by Crippen LogP contribution is -2.52. The molecule has 14 heavy (non-hydrogen) atoms. The first-order valence-electron chi connectivity index (χ1n) is 4.58. The van der Waals surface area contributed by atoms with Crippen LogP contribution in [0.3, 0.4) is 0 Å². The Kier molecular flexibility index (Phi) is 2.74. The van der Waals surface area contributed by atoms with Gasteiger partial charge in [0, 0.05) is 25.7 Å². The molecule has 76 valence electrons. The van der Waals surface area contributed by atoms with E-state index in [0.29, 0.717) is 5.69 Å². The fourth-order valence-electron chi connectivity index (χ4n) is 1.55. The van der Waals surface area contributed by atoms with Crippen LogP contribution in [0.25, 0.3) is 0 Å². The van der Waals surface area contributed by atoms with E-state index in [-0.39, 0.29) is 11.9 Å². The van der Waals surface area contributed by atoms with Gasteiger partial charge in [0.1, 0.15) is 0 Å². The van der Waals surface area contributed by atoms with Gasteiger partial charge in [-0.15, -0.1) is 0 Å². The Morgan fingerprint density at radius 1 is 1.79 bits per heavy atom. The number of aromatic nitrogens is 2. The van der Waals surface area contributed by atoms with E-state index >= 15 is 0 Å². The molecule has 2 rings (SSSR count). The molecule has 0 spiro atoms. The topological polar surface area (TPSA) is 58.1 Å². The SMILES string of the molecule is CC1CNCCN1C(=O)c1cnsn1. The molecule has 1 atom stereocenters. The van der Waals surface area contributed by atoms with Gasteiger partial charge in [-0.25, -0.2) is 0 Å². The van der Waals surface area contributed by atoms with Crippen LogP contribution in [0.4, 0.5) is 0 Å². The van der Waals surface area contributed by atoms with Crippen LogP contribution in [0.15, 0.2) is 6.20 Å². The molecule has 0 aliphatic carbocycles. The van der Waals surface area contributed by atoms with Crippen molar-refractivity contribution in [2.24, 2.45) is 0 Å². The third-order valence-corrected chi connectivity index (χ3v) is 2.82. The van der Waals surface area contributed by atoms with E-state index in [1.54, 1.807) is 0 Å². The molecule has 1 aliphatic rings. The van der Waals surface area contributed by atoms with Crippen LogP contribution in [0, 0.1) is 0 Å². The Hall–Kier alpha value is -1.01. The zero-order valence-corrected chi connectivity index (χ0v) is 8.75. The Bertz CT molecular complexity index is 313. The van der Waals surface area contributed by atoms with Crippen molar-refractivity contribution in [3.05, 3.63) is 11.9 Å². The molecule has 0 aromatic carbocycles. The maximum absolute atomic E-state index is 11.9. The Labute approximate surface area is 86.4 Å². The van der Waals surface area contributed by atoms with Gasteiger partial charge in [0.2, 0.25) is 0 Å². The highest BCUT2D eigenvalue weighted by Gasteiger charge is 2.25. The summed E-state index contributed by atoms with van der Waals surface area (Å²) in [6.07, 6.45) is 1.53. The highest BCUT2D eigenvalue weighted by molar-refractivity contribution is 6.99. The molecule has 1 saturated heterocycles. The minimum Gasteiger partial charge on any atom is -0.332 e. The molecule has 0 bridgehead atoms. The van der Waals surface area contributed by atoms with Crippen molar-refractivity contribution < 1.29 is 4.79 Å². The number of rotatable bonds is 1. The number of piperazine rings is 1. The van der Waals surface area contributed by atoms with Crippen molar-refractivity contribution in [2.75, 3.05) is 19.6 Å². The third kappa shape index (κ3) is 1.76. The van der Waals surface area contributed by atoms with Crippen molar-refractivity contribution in [3.8, 4) is 0 Å². The van der Waals surface area contributed by atoms with Crippen LogP contribution in [-0.4, -0.2) is 45.2 Å². The number of amides is 1. The smallest absolute Gasteiger partial charge is 0.275 e. The van der Waals surface area contributed by atoms with Gasteiger partial charge >= 0.3 is 0 Å². The van der Waals surface area contributed by atoms with Crippen LogP contribution in [0.5, 0.6) is 0 Å². The second kappa shape index (κ2) is 4.02. The van der Waals surface area contributed by atoms with E-state index in [0.717, 1.165) is 31.4 Å². The number of hydrogen-bond donors (Lipinski definition) is 1. The van der Waals surface area contributed by atoms with Crippen molar-refractivity contribution in [1.29, 1.82) is 0 Å². The van der Waals surface area contributed by atoms with Crippen molar-refractivity contribution in [3.63, 3.8) is 0 Å². The van der Waals surface area contributed by atoms with Crippen LogP contribution in [-0.2, 0) is 0 Å². The lowest BCUT2D eigenvalue weighted by Gasteiger charge is -2.33. The maximum atomic E-state index is 11.9. The van der Waals surface area contributed by atoms with Crippen LogP contribution in [0.1, 0.15) is 17.4 Å². The van der Waals surface area contributed by atoms with Crippen molar-refractivity contribution >= 4 is 17.6 Å². The Morgan fingerprint density at radius 3 is 3.29 bits per heavy atom. The zero-order chi connectivity index (χ0) is 9.97. The minimum atomic E-state index is -0.00671. The Balaban J connectivity index is 2.10. The third-order valence-electron chi connectivity index (χ3n) is 2.34. The summed E-state index contributed by atoms with van der Waals surface area (Å²) in [4.78, 5) is 13.7. The quantitative estimate of drug-likeness (QED) is 0.710. The second-order valence-corrected chi connectivity index (χ2v) is 3.90. The van der Waals surface area contributed by atoms with Gasteiger partial charge in [-0.2, -0.15) is 8.75 Å². The van der Waals surface area contributed by atoms with Gasteiger partial charge in [-0.3, -0.25) is 4.79 Å². The van der Waals surface area contributed by atoms with Gasteiger partial charge in [0.25, 0.3) is 5.91 Å². The monoisotopic (exact) mass is 212 g/mol. The van der Waals surface area contributed by atoms with E-state index in [1.807, 2.05) is 11.8 Å². The first-order valence-corrected chi connectivity index (χ1v) is 5.31. The first kappa shape index (κ1) is 9.54. The maximum Gasteiger partial charge on any atom is 0.275 e. The van der Waals surface area contributed by atoms with E-state index in [4.69, 9.17) is 0 Å². The number of nitrogens with one attached hydrogen (secondary N) is 1. The van der Waals surface area contributed by atoms with Crippen molar-refractivity contribution in [2.45, 2.75) is 13.0 Å². The normalized spacial score (nSPS) is 22.4. The lowest BCUT2D eigenvalue weighted by molar-refractivity contribution is 0.0651. The largest absolute Gasteiger partial charge is 0.332 e. The molecule has 1 fully saturated rings. The number of carbonyl (C=O) groups is 1. The molecule has 0 saturated carbocycles. The summed E-state index contributed by atoms with van der Waals surface area (Å²) < 4.78 is 7.78. The fourth-order valence-corrected chi connectivity index (χ4v) is 1.96. The molecule has 1 unspecified atom stereocenters. The number of hydrogen-bond acceptors (Lipinski definition) is 5. The molecule has 2 heterocycles. The number of carbonyl (C=O) groups excluding carboxylic acids is 1. The van der Waals surface area contributed by atoms with Crippen LogP contribution >= 0.6 is 11.7 Å². The van der Waals surface area contributed by atoms with Gasteiger partial charge in [-0.05, 0) is 6.92 Å². The summed E-state index contributed by atoms with van der Waals surface area (Å²) in [6, 6.07) is 0.234. The molecule has 1 aliphatic heterocycles. The first-order chi connectivity index (χ1) is 6.79. The summed E-state index contributed by atoms with van der Waals surface area (Å²) in [7, 11) is 0. The van der Waals surface area contributed by atoms with Crippen LogP contribution < -0.4 is 5.32 Å². The predicted octanol–water partition coefficient (Wildman–Crippen LogP) is -0.0280. The molecule has 1 amide bonds. The fraction of sp³-hybridized carbons (Fsp3) is 0.625. The zero-order valence-electron chi connectivity index (χ0n) is 7.93. The van der Waals surface area contributed by atoms with Crippen LogP contribution in [0.2, 0.25) is 0 Å². The molecule has 6 heteroatoms.